The maximum atomic E-state index is 13.2. The molecule has 7 nitrogen and oxygen atoms in total. The van der Waals surface area contributed by atoms with Crippen LogP contribution in [0.15, 0.2) is 78.2 Å². The summed E-state index contributed by atoms with van der Waals surface area (Å²) in [5.74, 6) is -0.0791. The Hall–Kier alpha value is -3.65. The SMILES string of the molecule is CN1C(=O)[C@@H](NC(=O)c2cn(Cc3ccccc3)cn2)CSc2ccc3ncccc3c21. The summed E-state index contributed by atoms with van der Waals surface area (Å²) in [6.07, 6.45) is 5.07. The van der Waals surface area contributed by atoms with E-state index in [1.807, 2.05) is 59.2 Å². The van der Waals surface area contributed by atoms with Gasteiger partial charge in [0, 0.05) is 42.0 Å². The van der Waals surface area contributed by atoms with Crippen LogP contribution in [0, 0.1) is 0 Å². The molecular formula is C24H21N5O2S. The van der Waals surface area contributed by atoms with Gasteiger partial charge in [-0.3, -0.25) is 14.6 Å². The Bertz CT molecular complexity index is 1300. The third kappa shape index (κ3) is 3.85. The number of pyridine rings is 1. The molecule has 160 valence electrons. The van der Waals surface area contributed by atoms with E-state index < -0.39 is 6.04 Å². The highest BCUT2D eigenvalue weighted by molar-refractivity contribution is 7.99. The van der Waals surface area contributed by atoms with Crippen LogP contribution in [0.25, 0.3) is 10.9 Å². The van der Waals surface area contributed by atoms with Gasteiger partial charge in [0.25, 0.3) is 5.91 Å². The van der Waals surface area contributed by atoms with E-state index in [1.165, 1.54) is 0 Å². The van der Waals surface area contributed by atoms with Crippen LogP contribution in [0.5, 0.6) is 0 Å². The first-order chi connectivity index (χ1) is 15.6. The fourth-order valence-electron chi connectivity index (χ4n) is 3.86. The Balaban J connectivity index is 1.33. The van der Waals surface area contributed by atoms with Crippen LogP contribution in [-0.2, 0) is 11.3 Å². The lowest BCUT2D eigenvalue weighted by molar-refractivity contribution is -0.119. The van der Waals surface area contributed by atoms with E-state index in [-0.39, 0.29) is 17.5 Å². The fraction of sp³-hybridized carbons (Fsp3) is 0.167. The van der Waals surface area contributed by atoms with Gasteiger partial charge in [0.1, 0.15) is 11.7 Å². The Morgan fingerprint density at radius 2 is 1.97 bits per heavy atom. The van der Waals surface area contributed by atoms with Gasteiger partial charge in [0.15, 0.2) is 0 Å². The number of hydrogen-bond donors (Lipinski definition) is 1. The van der Waals surface area contributed by atoms with Crippen molar-refractivity contribution in [2.45, 2.75) is 17.5 Å². The van der Waals surface area contributed by atoms with E-state index in [0.717, 1.165) is 27.0 Å². The summed E-state index contributed by atoms with van der Waals surface area (Å²) in [6.45, 7) is 0.623. The summed E-state index contributed by atoms with van der Waals surface area (Å²) in [7, 11) is 1.74. The van der Waals surface area contributed by atoms with Crippen molar-refractivity contribution in [3.8, 4) is 0 Å². The van der Waals surface area contributed by atoms with E-state index in [1.54, 1.807) is 42.4 Å². The summed E-state index contributed by atoms with van der Waals surface area (Å²) in [4.78, 5) is 37.3. The number of fused-ring (bicyclic) bond motifs is 3. The minimum atomic E-state index is -0.657. The highest BCUT2D eigenvalue weighted by Gasteiger charge is 2.31. The smallest absolute Gasteiger partial charge is 0.272 e. The lowest BCUT2D eigenvalue weighted by Crippen LogP contribution is -2.48. The number of amides is 2. The van der Waals surface area contributed by atoms with Gasteiger partial charge in [-0.25, -0.2) is 4.98 Å². The highest BCUT2D eigenvalue weighted by Crippen LogP contribution is 2.38. The number of rotatable bonds is 4. The molecule has 0 aliphatic carbocycles. The second-order valence-electron chi connectivity index (χ2n) is 7.63. The van der Waals surface area contributed by atoms with Crippen LogP contribution in [0.4, 0.5) is 5.69 Å². The third-order valence-corrected chi connectivity index (χ3v) is 6.61. The molecule has 3 heterocycles. The van der Waals surface area contributed by atoms with Gasteiger partial charge >= 0.3 is 0 Å². The first kappa shape index (κ1) is 20.3. The van der Waals surface area contributed by atoms with Gasteiger partial charge in [-0.05, 0) is 29.8 Å². The normalized spacial score (nSPS) is 16.0. The molecule has 2 aromatic heterocycles. The van der Waals surface area contributed by atoms with Crippen molar-refractivity contribution in [1.29, 1.82) is 0 Å². The lowest BCUT2D eigenvalue weighted by Gasteiger charge is -2.22. The molecule has 4 aromatic rings. The summed E-state index contributed by atoms with van der Waals surface area (Å²) in [6, 6.07) is 17.1. The summed E-state index contributed by atoms with van der Waals surface area (Å²) in [5, 5.41) is 3.79. The molecule has 1 aliphatic heterocycles. The number of carbonyl (C=O) groups is 2. The third-order valence-electron chi connectivity index (χ3n) is 5.47. The average molecular weight is 444 g/mol. The van der Waals surface area contributed by atoms with Gasteiger partial charge in [0.05, 0.1) is 17.5 Å². The number of anilines is 1. The molecule has 0 saturated carbocycles. The molecule has 8 heteroatoms. The van der Waals surface area contributed by atoms with Crippen molar-refractivity contribution in [3.63, 3.8) is 0 Å². The van der Waals surface area contributed by atoms with E-state index in [2.05, 4.69) is 15.3 Å². The number of carbonyl (C=O) groups excluding carboxylic acids is 2. The summed E-state index contributed by atoms with van der Waals surface area (Å²) >= 11 is 1.55. The zero-order valence-electron chi connectivity index (χ0n) is 17.4. The van der Waals surface area contributed by atoms with Crippen LogP contribution >= 0.6 is 11.8 Å². The van der Waals surface area contributed by atoms with Gasteiger partial charge in [0.2, 0.25) is 5.91 Å². The molecule has 5 rings (SSSR count). The Labute approximate surface area is 189 Å². The lowest BCUT2D eigenvalue weighted by atomic mass is 10.1. The van der Waals surface area contributed by atoms with Crippen molar-refractivity contribution in [1.82, 2.24) is 19.9 Å². The number of aromatic nitrogens is 3. The van der Waals surface area contributed by atoms with Gasteiger partial charge in [-0.2, -0.15) is 0 Å². The quantitative estimate of drug-likeness (QED) is 0.523. The molecule has 0 bridgehead atoms. The molecule has 0 fully saturated rings. The van der Waals surface area contributed by atoms with Crippen molar-refractivity contribution in [2.24, 2.45) is 0 Å². The van der Waals surface area contributed by atoms with Crippen molar-refractivity contribution >= 4 is 40.2 Å². The van der Waals surface area contributed by atoms with Crippen LogP contribution in [0.2, 0.25) is 0 Å². The standard InChI is InChI=1S/C24H21N5O2S/c1-28-22-17-8-5-11-25-18(17)9-10-21(22)32-14-20(24(28)31)27-23(30)19-13-29(15-26-19)12-16-6-3-2-4-7-16/h2-11,13,15,20H,12,14H2,1H3,(H,27,30)/t20-/m0/s1. The molecule has 0 spiro atoms. The number of nitrogens with zero attached hydrogens (tertiary/aromatic N) is 4. The molecule has 2 amide bonds. The topological polar surface area (TPSA) is 80.1 Å². The zero-order chi connectivity index (χ0) is 22.1. The molecule has 0 saturated heterocycles. The number of hydrogen-bond acceptors (Lipinski definition) is 5. The van der Waals surface area contributed by atoms with Crippen molar-refractivity contribution in [3.05, 3.63) is 84.6 Å². The maximum Gasteiger partial charge on any atom is 0.272 e. The molecule has 0 radical (unpaired) electrons. The maximum absolute atomic E-state index is 13.2. The predicted molar refractivity (Wildman–Crippen MR) is 125 cm³/mol. The average Bonchev–Trinajstić information content (AvgIpc) is 3.25. The molecule has 2 aromatic carbocycles. The number of nitrogens with one attached hydrogen (secondary N) is 1. The summed E-state index contributed by atoms with van der Waals surface area (Å²) < 4.78 is 1.86. The molecule has 1 atom stereocenters. The Morgan fingerprint density at radius 3 is 2.81 bits per heavy atom. The number of benzene rings is 2. The molecule has 0 unspecified atom stereocenters. The van der Waals surface area contributed by atoms with Crippen LogP contribution in [0.1, 0.15) is 16.1 Å². The van der Waals surface area contributed by atoms with Gasteiger partial charge < -0.3 is 14.8 Å². The molecule has 1 aliphatic rings. The van der Waals surface area contributed by atoms with E-state index in [0.29, 0.717) is 12.3 Å². The van der Waals surface area contributed by atoms with Crippen LogP contribution in [0.3, 0.4) is 0 Å². The minimum absolute atomic E-state index is 0.162. The van der Waals surface area contributed by atoms with Crippen molar-refractivity contribution in [2.75, 3.05) is 17.7 Å². The summed E-state index contributed by atoms with van der Waals surface area (Å²) in [5.41, 5.74) is 3.07. The zero-order valence-corrected chi connectivity index (χ0v) is 18.2. The minimum Gasteiger partial charge on any atom is -0.338 e. The van der Waals surface area contributed by atoms with Gasteiger partial charge in [-0.1, -0.05) is 30.3 Å². The van der Waals surface area contributed by atoms with E-state index in [9.17, 15) is 9.59 Å². The Kier molecular flexibility index (Phi) is 5.36. The van der Waals surface area contributed by atoms with Crippen LogP contribution in [-0.4, -0.2) is 45.2 Å². The molecule has 32 heavy (non-hydrogen) atoms. The Morgan fingerprint density at radius 1 is 1.12 bits per heavy atom. The predicted octanol–water partition coefficient (Wildman–Crippen LogP) is 3.35. The van der Waals surface area contributed by atoms with E-state index >= 15 is 0 Å². The number of likely N-dealkylation sites (N-methyl/N-ethyl adjacent to an activating group) is 1. The van der Waals surface area contributed by atoms with E-state index in [4.69, 9.17) is 0 Å². The number of imidazole rings is 1. The van der Waals surface area contributed by atoms with Crippen LogP contribution < -0.4 is 10.2 Å². The first-order valence-electron chi connectivity index (χ1n) is 10.2. The molecular weight excluding hydrogens is 422 g/mol. The highest BCUT2D eigenvalue weighted by atomic mass is 32.2. The van der Waals surface area contributed by atoms with Crippen molar-refractivity contribution < 1.29 is 9.59 Å². The largest absolute Gasteiger partial charge is 0.338 e. The second-order valence-corrected chi connectivity index (χ2v) is 8.70. The first-order valence-corrected chi connectivity index (χ1v) is 11.2. The second kappa shape index (κ2) is 8.47. The number of thioether (sulfide) groups is 1. The fourth-order valence-corrected chi connectivity index (χ4v) is 4.98. The molecule has 1 N–H and O–H groups in total. The monoisotopic (exact) mass is 443 g/mol. The van der Waals surface area contributed by atoms with Gasteiger partial charge in [-0.15, -0.1) is 11.8 Å².